The number of carbonyl (C=O) groups is 2. The summed E-state index contributed by atoms with van der Waals surface area (Å²) in [6, 6.07) is 5.01. The lowest BCUT2D eigenvalue weighted by Crippen LogP contribution is -2.31. The number of aliphatic carboxylic acids is 2. The highest BCUT2D eigenvalue weighted by Gasteiger charge is 2.30. The first kappa shape index (κ1) is 25.1. The fourth-order valence-electron chi connectivity index (χ4n) is 2.68. The van der Waals surface area contributed by atoms with Crippen molar-refractivity contribution in [2.45, 2.75) is 24.0 Å². The van der Waals surface area contributed by atoms with E-state index in [4.69, 9.17) is 9.84 Å². The van der Waals surface area contributed by atoms with Gasteiger partial charge >= 0.3 is 23.5 Å². The lowest BCUT2D eigenvalue weighted by molar-refractivity contribution is -0.385. The minimum Gasteiger partial charge on any atom is -0.481 e. The van der Waals surface area contributed by atoms with Gasteiger partial charge in [0.05, 0.1) is 16.2 Å². The molecule has 1 unspecified atom stereocenters. The van der Waals surface area contributed by atoms with Crippen LogP contribution in [0.2, 0.25) is 0 Å². The Hall–Kier alpha value is -4.12. The minimum absolute atomic E-state index is 0.0574. The molecule has 0 bridgehead atoms. The topological polar surface area (TPSA) is 192 Å². The Labute approximate surface area is 192 Å². The van der Waals surface area contributed by atoms with Gasteiger partial charge in [-0.15, -0.1) is 0 Å². The van der Waals surface area contributed by atoms with Crippen LogP contribution in [0.25, 0.3) is 0 Å². The number of ether oxygens (including phenoxy) is 1. The van der Waals surface area contributed by atoms with Gasteiger partial charge in [0.1, 0.15) is 17.9 Å². The lowest BCUT2D eigenvalue weighted by Gasteiger charge is -2.17. The van der Waals surface area contributed by atoms with Crippen LogP contribution in [0.1, 0.15) is 18.4 Å². The molecule has 0 aliphatic heterocycles. The molecule has 0 amide bonds. The maximum absolute atomic E-state index is 11.8. The molecule has 0 fully saturated rings. The second kappa shape index (κ2) is 11.0. The van der Waals surface area contributed by atoms with Crippen molar-refractivity contribution in [1.82, 2.24) is 9.97 Å². The number of nitrogens with one attached hydrogen (secondary N) is 1. The van der Waals surface area contributed by atoms with E-state index >= 15 is 0 Å². The first-order valence-corrected chi connectivity index (χ1v) is 10.5. The van der Waals surface area contributed by atoms with Crippen LogP contribution in [0.4, 0.5) is 17.2 Å². The number of carboxylic acid groups (broad SMARTS) is 2. The summed E-state index contributed by atoms with van der Waals surface area (Å²) in [7, 11) is 3.42. The van der Waals surface area contributed by atoms with Crippen LogP contribution in [0.15, 0.2) is 23.4 Å². The number of anilines is 2. The number of nitrogens with zero attached hydrogens (tertiary/aromatic N) is 5. The predicted octanol–water partition coefficient (Wildman–Crippen LogP) is 2.57. The number of nitro groups is 1. The molecule has 2 rings (SSSR count). The summed E-state index contributed by atoms with van der Waals surface area (Å²) in [5, 5.41) is 41.8. The van der Waals surface area contributed by atoms with Gasteiger partial charge in [0.2, 0.25) is 5.82 Å². The Kier molecular flexibility index (Phi) is 8.35. The molecule has 0 saturated carbocycles. The van der Waals surface area contributed by atoms with Gasteiger partial charge in [-0.05, 0) is 24.8 Å². The van der Waals surface area contributed by atoms with E-state index in [0.29, 0.717) is 11.3 Å². The number of rotatable bonds is 11. The van der Waals surface area contributed by atoms with Crippen LogP contribution < -0.4 is 15.0 Å². The van der Waals surface area contributed by atoms with E-state index in [2.05, 4.69) is 15.3 Å². The van der Waals surface area contributed by atoms with Crippen LogP contribution >= 0.6 is 11.8 Å². The zero-order valence-electron chi connectivity index (χ0n) is 17.8. The van der Waals surface area contributed by atoms with Crippen molar-refractivity contribution < 1.29 is 29.5 Å². The molecular weight excluding hydrogens is 456 g/mol. The Morgan fingerprint density at radius 2 is 2.06 bits per heavy atom. The molecule has 174 valence electrons. The number of thioether (sulfide) groups is 1. The molecule has 3 N–H and O–H groups in total. The molecule has 33 heavy (non-hydrogen) atoms. The summed E-state index contributed by atoms with van der Waals surface area (Å²) in [5.41, 5.74) is 0.152. The van der Waals surface area contributed by atoms with Crippen LogP contribution in [0, 0.1) is 21.4 Å². The van der Waals surface area contributed by atoms with Gasteiger partial charge in [-0.1, -0.05) is 11.8 Å². The van der Waals surface area contributed by atoms with Crippen molar-refractivity contribution in [3.8, 4) is 17.7 Å². The summed E-state index contributed by atoms with van der Waals surface area (Å²) < 4.78 is 5.66. The Balaban J connectivity index is 2.54. The molecule has 0 saturated heterocycles. The smallest absolute Gasteiger partial charge is 0.373 e. The molecule has 14 heteroatoms. The van der Waals surface area contributed by atoms with Crippen molar-refractivity contribution in [3.05, 3.63) is 33.9 Å². The van der Waals surface area contributed by atoms with Gasteiger partial charge < -0.3 is 25.2 Å². The summed E-state index contributed by atoms with van der Waals surface area (Å²) in [4.78, 5) is 43.1. The van der Waals surface area contributed by atoms with E-state index in [1.54, 1.807) is 25.3 Å². The number of hydrogen-bond acceptors (Lipinski definition) is 11. The molecule has 2 aromatic rings. The largest absolute Gasteiger partial charge is 0.481 e. The maximum atomic E-state index is 11.8. The number of benzene rings is 1. The fraction of sp³-hybridized carbons (Fsp3) is 0.316. The van der Waals surface area contributed by atoms with Crippen molar-refractivity contribution in [3.63, 3.8) is 0 Å². The van der Waals surface area contributed by atoms with E-state index in [-0.39, 0.29) is 17.3 Å². The molecule has 0 aliphatic rings. The van der Waals surface area contributed by atoms with Gasteiger partial charge in [-0.25, -0.2) is 4.79 Å². The third-order valence-corrected chi connectivity index (χ3v) is 4.79. The summed E-state index contributed by atoms with van der Waals surface area (Å²) >= 11 is 1.04. The van der Waals surface area contributed by atoms with Gasteiger partial charge in [0, 0.05) is 26.6 Å². The van der Waals surface area contributed by atoms with E-state index in [1.807, 2.05) is 6.07 Å². The second-order valence-electron chi connectivity index (χ2n) is 6.72. The van der Waals surface area contributed by atoms with Crippen molar-refractivity contribution >= 4 is 40.9 Å². The number of hydrogen-bond donors (Lipinski definition) is 3. The van der Waals surface area contributed by atoms with E-state index in [0.717, 1.165) is 11.8 Å². The van der Waals surface area contributed by atoms with Gasteiger partial charge in [-0.2, -0.15) is 15.2 Å². The standard InChI is InChI=1S/C19H20N6O7S/c1-24(2)13-8-11(5-4-10(13)9-20)32-17-15(25(30)31)16(22-19(23-17)33-3)21-12(18(28)29)6-7-14(26)27/h4-5,8,12H,6-7H2,1-3H3,(H,26,27)(H,28,29)(H,21,22,23). The van der Waals surface area contributed by atoms with Crippen molar-refractivity contribution in [1.29, 1.82) is 5.26 Å². The monoisotopic (exact) mass is 476 g/mol. The quantitative estimate of drug-likeness (QED) is 0.186. The molecule has 0 spiro atoms. The van der Waals surface area contributed by atoms with Gasteiger partial charge in [0.25, 0.3) is 0 Å². The lowest BCUT2D eigenvalue weighted by atomic mass is 10.1. The van der Waals surface area contributed by atoms with Crippen LogP contribution in [-0.4, -0.2) is 63.4 Å². The fourth-order valence-corrected chi connectivity index (χ4v) is 3.04. The average molecular weight is 476 g/mol. The SMILES string of the molecule is CSc1nc(NC(CCC(=O)O)C(=O)O)c([N+](=O)[O-])c(Oc2ccc(C#N)c(N(C)C)c2)n1. The molecule has 0 aliphatic carbocycles. The molecule has 1 atom stereocenters. The van der Waals surface area contributed by atoms with E-state index in [9.17, 15) is 30.1 Å². The number of aromatic nitrogens is 2. The summed E-state index contributed by atoms with van der Waals surface area (Å²) in [6.45, 7) is 0. The third-order valence-electron chi connectivity index (χ3n) is 4.24. The van der Waals surface area contributed by atoms with Crippen LogP contribution in [0.5, 0.6) is 11.6 Å². The van der Waals surface area contributed by atoms with Crippen LogP contribution in [0.3, 0.4) is 0 Å². The van der Waals surface area contributed by atoms with Gasteiger partial charge in [-0.3, -0.25) is 14.9 Å². The normalized spacial score (nSPS) is 11.2. The Bertz CT molecular complexity index is 1120. The summed E-state index contributed by atoms with van der Waals surface area (Å²) in [5.74, 6) is -3.34. The van der Waals surface area contributed by atoms with E-state index < -0.39 is 46.7 Å². The number of carboxylic acids is 2. The first-order chi connectivity index (χ1) is 15.6. The third kappa shape index (κ3) is 6.43. The number of nitriles is 1. The van der Waals surface area contributed by atoms with Gasteiger partial charge in [0.15, 0.2) is 5.16 Å². The van der Waals surface area contributed by atoms with Crippen molar-refractivity contribution in [2.24, 2.45) is 0 Å². The average Bonchev–Trinajstić information content (AvgIpc) is 2.75. The molecule has 13 nitrogen and oxygen atoms in total. The molecule has 1 aromatic carbocycles. The molecule has 0 radical (unpaired) electrons. The molecule has 1 aromatic heterocycles. The predicted molar refractivity (Wildman–Crippen MR) is 118 cm³/mol. The first-order valence-electron chi connectivity index (χ1n) is 9.28. The van der Waals surface area contributed by atoms with Crippen LogP contribution in [-0.2, 0) is 9.59 Å². The van der Waals surface area contributed by atoms with E-state index in [1.165, 1.54) is 18.2 Å². The van der Waals surface area contributed by atoms with Crippen molar-refractivity contribution in [2.75, 3.05) is 30.6 Å². The minimum atomic E-state index is -1.45. The summed E-state index contributed by atoms with van der Waals surface area (Å²) in [6.07, 6.45) is 0.804. The zero-order chi connectivity index (χ0) is 24.7. The highest BCUT2D eigenvalue weighted by Crippen LogP contribution is 2.38. The molecule has 1 heterocycles. The Morgan fingerprint density at radius 3 is 2.58 bits per heavy atom. The zero-order valence-corrected chi connectivity index (χ0v) is 18.6. The molecular formula is C19H20N6O7S. The Morgan fingerprint density at radius 1 is 1.36 bits per heavy atom. The second-order valence-corrected chi connectivity index (χ2v) is 7.50. The maximum Gasteiger partial charge on any atom is 0.373 e. The highest BCUT2D eigenvalue weighted by molar-refractivity contribution is 7.98. The highest BCUT2D eigenvalue weighted by atomic mass is 32.2.